The number of ether oxygens (including phenoxy) is 3. The van der Waals surface area contributed by atoms with Crippen molar-refractivity contribution in [3.63, 3.8) is 0 Å². The standard InChI is InChI=1S/C20H17BrINO4/c1-11(2)26-18-15(22)8-12(10-17(18)25-3)9-16-20(24)27-19(23-16)13-6-4-5-7-14(13)21/h4-11H,1-3H3/b16-9-. The zero-order valence-corrected chi connectivity index (χ0v) is 18.7. The van der Waals surface area contributed by atoms with Crippen LogP contribution in [-0.2, 0) is 9.53 Å². The van der Waals surface area contributed by atoms with E-state index in [0.717, 1.165) is 19.2 Å². The molecule has 0 aliphatic carbocycles. The number of benzene rings is 2. The lowest BCUT2D eigenvalue weighted by atomic mass is 10.1. The lowest BCUT2D eigenvalue weighted by Gasteiger charge is -2.15. The topological polar surface area (TPSA) is 57.1 Å². The molecule has 1 heterocycles. The minimum atomic E-state index is -0.489. The Balaban J connectivity index is 1.98. The lowest BCUT2D eigenvalue weighted by Crippen LogP contribution is -2.08. The summed E-state index contributed by atoms with van der Waals surface area (Å²) in [5.41, 5.74) is 1.73. The fraction of sp³-hybridized carbons (Fsp3) is 0.200. The minimum absolute atomic E-state index is 0.0258. The number of halogens is 2. The van der Waals surface area contributed by atoms with Crippen LogP contribution in [0.5, 0.6) is 11.5 Å². The predicted molar refractivity (Wildman–Crippen MR) is 116 cm³/mol. The van der Waals surface area contributed by atoms with Crippen molar-refractivity contribution in [1.29, 1.82) is 0 Å². The zero-order chi connectivity index (χ0) is 19.6. The third kappa shape index (κ3) is 4.52. The Morgan fingerprint density at radius 2 is 2.00 bits per heavy atom. The average molecular weight is 542 g/mol. The molecule has 0 fully saturated rings. The largest absolute Gasteiger partial charge is 0.493 e. The highest BCUT2D eigenvalue weighted by Gasteiger charge is 2.25. The molecule has 7 heteroatoms. The summed E-state index contributed by atoms with van der Waals surface area (Å²) in [6, 6.07) is 11.2. The number of hydrogen-bond donors (Lipinski definition) is 0. The van der Waals surface area contributed by atoms with Gasteiger partial charge in [-0.25, -0.2) is 9.79 Å². The van der Waals surface area contributed by atoms with Crippen LogP contribution in [0.3, 0.4) is 0 Å². The summed E-state index contributed by atoms with van der Waals surface area (Å²) >= 11 is 5.63. The number of cyclic esters (lactones) is 1. The second kappa shape index (κ2) is 8.43. The summed E-state index contributed by atoms with van der Waals surface area (Å²) in [5.74, 6) is 1.07. The van der Waals surface area contributed by atoms with Crippen molar-refractivity contribution in [3.05, 3.63) is 61.3 Å². The minimum Gasteiger partial charge on any atom is -0.493 e. The van der Waals surface area contributed by atoms with Crippen molar-refractivity contribution in [2.45, 2.75) is 20.0 Å². The van der Waals surface area contributed by atoms with Gasteiger partial charge in [0.1, 0.15) is 0 Å². The SMILES string of the molecule is COc1cc(/C=C2\N=C(c3ccccc3Br)OC2=O)cc(I)c1OC(C)C. The monoisotopic (exact) mass is 541 g/mol. The smallest absolute Gasteiger partial charge is 0.363 e. The van der Waals surface area contributed by atoms with Crippen molar-refractivity contribution in [1.82, 2.24) is 0 Å². The van der Waals surface area contributed by atoms with Crippen LogP contribution < -0.4 is 9.47 Å². The maximum absolute atomic E-state index is 12.2. The molecule has 1 aliphatic rings. The summed E-state index contributed by atoms with van der Waals surface area (Å²) in [7, 11) is 1.59. The van der Waals surface area contributed by atoms with E-state index in [4.69, 9.17) is 14.2 Å². The van der Waals surface area contributed by atoms with Crippen LogP contribution in [-0.4, -0.2) is 25.1 Å². The highest BCUT2D eigenvalue weighted by molar-refractivity contribution is 14.1. The number of rotatable bonds is 5. The molecule has 0 amide bonds. The van der Waals surface area contributed by atoms with Gasteiger partial charge in [-0.15, -0.1) is 0 Å². The van der Waals surface area contributed by atoms with Gasteiger partial charge in [0.25, 0.3) is 0 Å². The van der Waals surface area contributed by atoms with Crippen molar-refractivity contribution >= 4 is 56.5 Å². The quantitative estimate of drug-likeness (QED) is 0.297. The van der Waals surface area contributed by atoms with Gasteiger partial charge in [-0.1, -0.05) is 12.1 Å². The zero-order valence-electron chi connectivity index (χ0n) is 15.0. The molecular formula is C20H17BrINO4. The van der Waals surface area contributed by atoms with E-state index >= 15 is 0 Å². The summed E-state index contributed by atoms with van der Waals surface area (Å²) in [6.07, 6.45) is 1.70. The Morgan fingerprint density at radius 1 is 1.26 bits per heavy atom. The Morgan fingerprint density at radius 3 is 2.67 bits per heavy atom. The second-order valence-corrected chi connectivity index (χ2v) is 8.03. The molecule has 0 aromatic heterocycles. The first-order valence-electron chi connectivity index (χ1n) is 8.20. The van der Waals surface area contributed by atoms with E-state index < -0.39 is 5.97 Å². The highest BCUT2D eigenvalue weighted by Crippen LogP contribution is 2.35. The molecule has 2 aromatic rings. The van der Waals surface area contributed by atoms with E-state index in [9.17, 15) is 4.79 Å². The Labute approximate surface area is 179 Å². The van der Waals surface area contributed by atoms with E-state index in [1.165, 1.54) is 0 Å². The molecule has 0 saturated carbocycles. The predicted octanol–water partition coefficient (Wildman–Crippen LogP) is 5.19. The summed E-state index contributed by atoms with van der Waals surface area (Å²) < 4.78 is 18.3. The fourth-order valence-electron chi connectivity index (χ4n) is 2.49. The van der Waals surface area contributed by atoms with Crippen molar-refractivity contribution in [2.75, 3.05) is 7.11 Å². The Kier molecular flexibility index (Phi) is 6.21. The maximum atomic E-state index is 12.2. The number of esters is 1. The summed E-state index contributed by atoms with van der Waals surface area (Å²) in [6.45, 7) is 3.91. The van der Waals surface area contributed by atoms with Gasteiger partial charge in [0, 0.05) is 4.47 Å². The summed E-state index contributed by atoms with van der Waals surface area (Å²) in [4.78, 5) is 16.6. The molecule has 0 saturated heterocycles. The maximum Gasteiger partial charge on any atom is 0.363 e. The average Bonchev–Trinajstić information content (AvgIpc) is 2.97. The number of methoxy groups -OCH3 is 1. The second-order valence-electron chi connectivity index (χ2n) is 6.02. The van der Waals surface area contributed by atoms with Gasteiger partial charge in [0.2, 0.25) is 5.90 Å². The first-order chi connectivity index (χ1) is 12.9. The van der Waals surface area contributed by atoms with Crippen molar-refractivity contribution in [3.8, 4) is 11.5 Å². The van der Waals surface area contributed by atoms with E-state index in [2.05, 4.69) is 43.5 Å². The molecule has 5 nitrogen and oxygen atoms in total. The molecule has 1 aliphatic heterocycles. The fourth-order valence-corrected chi connectivity index (χ4v) is 3.70. The van der Waals surface area contributed by atoms with Crippen LogP contribution in [0.2, 0.25) is 0 Å². The van der Waals surface area contributed by atoms with Crippen LogP contribution in [0, 0.1) is 3.57 Å². The van der Waals surface area contributed by atoms with Gasteiger partial charge in [0.15, 0.2) is 17.2 Å². The van der Waals surface area contributed by atoms with Crippen LogP contribution in [0.4, 0.5) is 0 Å². The van der Waals surface area contributed by atoms with Crippen LogP contribution in [0.1, 0.15) is 25.0 Å². The first kappa shape index (κ1) is 19.9. The third-order valence-electron chi connectivity index (χ3n) is 3.63. The number of carbonyl (C=O) groups excluding carboxylic acids is 1. The summed E-state index contributed by atoms with van der Waals surface area (Å²) in [5, 5.41) is 0. The number of carbonyl (C=O) groups is 1. The van der Waals surface area contributed by atoms with Gasteiger partial charge in [0.05, 0.1) is 22.3 Å². The van der Waals surface area contributed by atoms with Gasteiger partial charge < -0.3 is 14.2 Å². The van der Waals surface area contributed by atoms with E-state index in [0.29, 0.717) is 11.5 Å². The molecule has 0 unspecified atom stereocenters. The van der Waals surface area contributed by atoms with Gasteiger partial charge in [-0.05, 0) is 88.3 Å². The normalized spacial score (nSPS) is 15.1. The van der Waals surface area contributed by atoms with E-state index in [1.54, 1.807) is 13.2 Å². The molecule has 0 N–H and O–H groups in total. The van der Waals surface area contributed by atoms with Gasteiger partial charge in [-0.2, -0.15) is 0 Å². The molecular weight excluding hydrogens is 525 g/mol. The van der Waals surface area contributed by atoms with Crippen molar-refractivity contribution < 1.29 is 19.0 Å². The lowest BCUT2D eigenvalue weighted by molar-refractivity contribution is -0.129. The van der Waals surface area contributed by atoms with Crippen LogP contribution in [0.25, 0.3) is 6.08 Å². The van der Waals surface area contributed by atoms with E-state index in [-0.39, 0.29) is 17.7 Å². The van der Waals surface area contributed by atoms with Gasteiger partial charge in [-0.3, -0.25) is 0 Å². The molecule has 0 bridgehead atoms. The molecule has 2 aromatic carbocycles. The van der Waals surface area contributed by atoms with Crippen LogP contribution >= 0.6 is 38.5 Å². The van der Waals surface area contributed by atoms with Crippen LogP contribution in [0.15, 0.2) is 51.6 Å². The van der Waals surface area contributed by atoms with Crippen molar-refractivity contribution in [2.24, 2.45) is 4.99 Å². The first-order valence-corrected chi connectivity index (χ1v) is 10.1. The molecule has 140 valence electrons. The number of nitrogens with zero attached hydrogens (tertiary/aromatic N) is 1. The Bertz CT molecular complexity index is 953. The molecule has 0 spiro atoms. The van der Waals surface area contributed by atoms with E-state index in [1.807, 2.05) is 50.2 Å². The molecule has 0 radical (unpaired) electrons. The molecule has 3 rings (SSSR count). The van der Waals surface area contributed by atoms with Gasteiger partial charge >= 0.3 is 5.97 Å². The third-order valence-corrected chi connectivity index (χ3v) is 5.13. The highest BCUT2D eigenvalue weighted by atomic mass is 127. The number of aliphatic imine (C=N–C) groups is 1. The molecule has 27 heavy (non-hydrogen) atoms. The Hall–Kier alpha value is -1.87. The number of hydrogen-bond acceptors (Lipinski definition) is 5. The molecule has 0 atom stereocenters.